The van der Waals surface area contributed by atoms with Crippen molar-refractivity contribution in [2.45, 2.75) is 6.92 Å². The third-order valence-corrected chi connectivity index (χ3v) is 2.82. The van der Waals surface area contributed by atoms with Crippen molar-refractivity contribution in [2.75, 3.05) is 12.3 Å². The predicted octanol–water partition coefficient (Wildman–Crippen LogP) is 3.32. The number of nitrogen functional groups attached to an aromatic ring is 1. The molecule has 21 heavy (non-hydrogen) atoms. The minimum Gasteiger partial charge on any atom is -0.493 e. The summed E-state index contributed by atoms with van der Waals surface area (Å²) in [5.74, 6) is -4.56. The Balaban J connectivity index is 2.61. The zero-order chi connectivity index (χ0) is 15.6. The van der Waals surface area contributed by atoms with Gasteiger partial charge in [0.15, 0.2) is 0 Å². The first-order chi connectivity index (χ1) is 9.95. The average Bonchev–Trinajstić information content (AvgIpc) is 2.37. The molecule has 0 radical (unpaired) electrons. The van der Waals surface area contributed by atoms with Crippen LogP contribution in [0.4, 0.5) is 18.9 Å². The molecule has 0 atom stereocenters. The Morgan fingerprint density at radius 3 is 2.33 bits per heavy atom. The van der Waals surface area contributed by atoms with Gasteiger partial charge in [-0.15, -0.1) is 0 Å². The van der Waals surface area contributed by atoms with Crippen molar-refractivity contribution in [3.05, 3.63) is 58.9 Å². The highest BCUT2D eigenvalue weighted by atomic mass is 19.1. The minimum absolute atomic E-state index is 0.0223. The molecule has 110 valence electrons. The summed E-state index contributed by atoms with van der Waals surface area (Å²) in [6, 6.07) is 5.31. The van der Waals surface area contributed by atoms with Crippen LogP contribution in [0, 0.1) is 17.5 Å². The molecule has 2 rings (SSSR count). The van der Waals surface area contributed by atoms with E-state index in [-0.39, 0.29) is 23.6 Å². The number of nitrogens with two attached hydrogens (primary N) is 1. The molecule has 0 aliphatic carbocycles. The van der Waals surface area contributed by atoms with E-state index in [4.69, 9.17) is 10.5 Å². The maximum atomic E-state index is 13.7. The van der Waals surface area contributed by atoms with Crippen LogP contribution in [0.1, 0.15) is 22.8 Å². The number of hydrogen-bond acceptors (Lipinski definition) is 3. The highest BCUT2D eigenvalue weighted by molar-refractivity contribution is 6.14. The molecule has 0 saturated carbocycles. The molecular weight excluding hydrogens is 283 g/mol. The first-order valence-corrected chi connectivity index (χ1v) is 6.16. The summed E-state index contributed by atoms with van der Waals surface area (Å²) in [6.07, 6.45) is 0. The van der Waals surface area contributed by atoms with E-state index in [1.54, 1.807) is 13.0 Å². The Bertz CT molecular complexity index is 678. The average molecular weight is 295 g/mol. The number of anilines is 1. The Hall–Kier alpha value is -2.50. The van der Waals surface area contributed by atoms with Crippen molar-refractivity contribution < 1.29 is 22.7 Å². The second-order valence-electron chi connectivity index (χ2n) is 4.23. The molecule has 2 N–H and O–H groups in total. The van der Waals surface area contributed by atoms with Gasteiger partial charge in [-0.1, -0.05) is 6.07 Å². The van der Waals surface area contributed by atoms with Crippen molar-refractivity contribution in [2.24, 2.45) is 0 Å². The topological polar surface area (TPSA) is 52.3 Å². The number of ether oxygens (including phenoxy) is 1. The van der Waals surface area contributed by atoms with Crippen LogP contribution in [0.15, 0.2) is 30.3 Å². The molecule has 3 nitrogen and oxygen atoms in total. The Labute approximate surface area is 119 Å². The number of ketones is 1. The van der Waals surface area contributed by atoms with Gasteiger partial charge in [-0.2, -0.15) is 0 Å². The molecule has 0 heterocycles. The van der Waals surface area contributed by atoms with Gasteiger partial charge in [-0.05, 0) is 19.1 Å². The molecule has 0 spiro atoms. The zero-order valence-corrected chi connectivity index (χ0v) is 11.1. The van der Waals surface area contributed by atoms with E-state index in [9.17, 15) is 18.0 Å². The van der Waals surface area contributed by atoms with Gasteiger partial charge in [0, 0.05) is 17.8 Å². The number of halogens is 3. The van der Waals surface area contributed by atoms with Gasteiger partial charge in [0.1, 0.15) is 23.2 Å². The molecule has 0 aliphatic heterocycles. The van der Waals surface area contributed by atoms with Crippen LogP contribution in [0.5, 0.6) is 5.75 Å². The second kappa shape index (κ2) is 5.87. The quantitative estimate of drug-likeness (QED) is 0.695. The molecular formula is C15H12F3NO2. The number of hydrogen-bond donors (Lipinski definition) is 1. The zero-order valence-electron chi connectivity index (χ0n) is 11.1. The van der Waals surface area contributed by atoms with Crippen molar-refractivity contribution in [3.63, 3.8) is 0 Å². The van der Waals surface area contributed by atoms with Crippen LogP contribution in [0.2, 0.25) is 0 Å². The molecule has 6 heteroatoms. The summed E-state index contributed by atoms with van der Waals surface area (Å²) in [6.45, 7) is 1.94. The number of carbonyl (C=O) groups is 1. The predicted molar refractivity (Wildman–Crippen MR) is 71.8 cm³/mol. The molecule has 2 aromatic rings. The highest BCUT2D eigenvalue weighted by Crippen LogP contribution is 2.29. The Kier molecular flexibility index (Phi) is 4.16. The first kappa shape index (κ1) is 14.9. The minimum atomic E-state index is -1.29. The fraction of sp³-hybridized carbons (Fsp3) is 0.133. The molecule has 0 fully saturated rings. The first-order valence-electron chi connectivity index (χ1n) is 6.16. The molecule has 0 bridgehead atoms. The molecule has 2 aromatic carbocycles. The van der Waals surface area contributed by atoms with Crippen LogP contribution in [-0.2, 0) is 0 Å². The summed E-state index contributed by atoms with van der Waals surface area (Å²) < 4.78 is 45.6. The molecule has 0 unspecified atom stereocenters. The van der Waals surface area contributed by atoms with Crippen molar-refractivity contribution in [3.8, 4) is 5.75 Å². The van der Waals surface area contributed by atoms with E-state index in [1.165, 1.54) is 12.1 Å². The lowest BCUT2D eigenvalue weighted by Gasteiger charge is -2.12. The standard InChI is InChI=1S/C15H12F3NO2/c1-2-21-12-5-3-4-11(19)14(12)15(20)13-9(17)6-8(16)7-10(13)18/h3-7H,2,19H2,1H3. The van der Waals surface area contributed by atoms with Gasteiger partial charge in [0.25, 0.3) is 0 Å². The van der Waals surface area contributed by atoms with Gasteiger partial charge in [0.2, 0.25) is 5.78 Å². The van der Waals surface area contributed by atoms with Crippen molar-refractivity contribution in [1.82, 2.24) is 0 Å². The maximum absolute atomic E-state index is 13.7. The summed E-state index contributed by atoms with van der Waals surface area (Å²) in [4.78, 5) is 12.4. The fourth-order valence-corrected chi connectivity index (χ4v) is 1.95. The van der Waals surface area contributed by atoms with E-state index in [0.29, 0.717) is 12.1 Å². The highest BCUT2D eigenvalue weighted by Gasteiger charge is 2.25. The third kappa shape index (κ3) is 2.84. The van der Waals surface area contributed by atoms with Crippen LogP contribution < -0.4 is 10.5 Å². The van der Waals surface area contributed by atoms with Crippen molar-refractivity contribution >= 4 is 11.5 Å². The third-order valence-electron chi connectivity index (χ3n) is 2.82. The number of rotatable bonds is 4. The normalized spacial score (nSPS) is 10.5. The molecule has 0 aromatic heterocycles. The Morgan fingerprint density at radius 1 is 1.14 bits per heavy atom. The van der Waals surface area contributed by atoms with E-state index >= 15 is 0 Å². The van der Waals surface area contributed by atoms with Gasteiger partial charge in [-0.25, -0.2) is 13.2 Å². The number of benzene rings is 2. The Morgan fingerprint density at radius 2 is 1.76 bits per heavy atom. The van der Waals surface area contributed by atoms with E-state index in [2.05, 4.69) is 0 Å². The van der Waals surface area contributed by atoms with Gasteiger partial charge < -0.3 is 10.5 Å². The van der Waals surface area contributed by atoms with Gasteiger partial charge in [-0.3, -0.25) is 4.79 Å². The molecule has 0 amide bonds. The summed E-state index contributed by atoms with van der Waals surface area (Å²) in [7, 11) is 0. The summed E-state index contributed by atoms with van der Waals surface area (Å²) in [5.41, 5.74) is 4.71. The van der Waals surface area contributed by atoms with Gasteiger partial charge >= 0.3 is 0 Å². The SMILES string of the molecule is CCOc1cccc(N)c1C(=O)c1c(F)cc(F)cc1F. The monoisotopic (exact) mass is 295 g/mol. The smallest absolute Gasteiger partial charge is 0.204 e. The lowest BCUT2D eigenvalue weighted by atomic mass is 9.99. The van der Waals surface area contributed by atoms with Crippen LogP contribution in [0.3, 0.4) is 0 Å². The number of carbonyl (C=O) groups excluding carboxylic acids is 1. The largest absolute Gasteiger partial charge is 0.493 e. The van der Waals surface area contributed by atoms with E-state index < -0.39 is 28.8 Å². The molecule has 0 aliphatic rings. The summed E-state index contributed by atoms with van der Waals surface area (Å²) in [5, 5.41) is 0. The van der Waals surface area contributed by atoms with Crippen molar-refractivity contribution in [1.29, 1.82) is 0 Å². The second-order valence-corrected chi connectivity index (χ2v) is 4.23. The van der Waals surface area contributed by atoms with Crippen LogP contribution in [-0.4, -0.2) is 12.4 Å². The lowest BCUT2D eigenvalue weighted by Crippen LogP contribution is -2.12. The van der Waals surface area contributed by atoms with E-state index in [1.807, 2.05) is 0 Å². The van der Waals surface area contributed by atoms with Gasteiger partial charge in [0.05, 0.1) is 17.7 Å². The fourth-order valence-electron chi connectivity index (χ4n) is 1.95. The van der Waals surface area contributed by atoms with Crippen LogP contribution >= 0.6 is 0 Å². The van der Waals surface area contributed by atoms with Crippen LogP contribution in [0.25, 0.3) is 0 Å². The summed E-state index contributed by atoms with van der Waals surface area (Å²) >= 11 is 0. The lowest BCUT2D eigenvalue weighted by molar-refractivity contribution is 0.102. The maximum Gasteiger partial charge on any atom is 0.204 e. The van der Waals surface area contributed by atoms with E-state index in [0.717, 1.165) is 0 Å². The molecule has 0 saturated heterocycles.